The van der Waals surface area contributed by atoms with Gasteiger partial charge in [0.25, 0.3) is 0 Å². The predicted molar refractivity (Wildman–Crippen MR) is 48.8 cm³/mol. The molecule has 0 aromatic rings. The second-order valence-electron chi connectivity index (χ2n) is 3.95. The average Bonchev–Trinajstić information content (AvgIpc) is 2.02. The first-order chi connectivity index (χ1) is 6.22. The SMILES string of the molecule is NC(C(=O)[O-])C1CCCCCCC1.[Na+]. The second kappa shape index (κ2) is 7.69. The normalized spacial score (nSPS) is 21.5. The second-order valence-corrected chi connectivity index (χ2v) is 3.95. The van der Waals surface area contributed by atoms with Crippen molar-refractivity contribution in [3.05, 3.63) is 0 Å². The molecule has 0 aromatic heterocycles. The van der Waals surface area contributed by atoms with Crippen LogP contribution in [-0.4, -0.2) is 12.0 Å². The van der Waals surface area contributed by atoms with Crippen LogP contribution in [0.25, 0.3) is 0 Å². The van der Waals surface area contributed by atoms with Crippen LogP contribution in [0.4, 0.5) is 0 Å². The van der Waals surface area contributed by atoms with Crippen molar-refractivity contribution < 1.29 is 39.5 Å². The molecule has 76 valence electrons. The quantitative estimate of drug-likeness (QED) is 0.506. The Morgan fingerprint density at radius 3 is 2.00 bits per heavy atom. The molecule has 0 radical (unpaired) electrons. The maximum Gasteiger partial charge on any atom is 1.00 e. The van der Waals surface area contributed by atoms with E-state index in [0.29, 0.717) is 0 Å². The molecule has 2 N–H and O–H groups in total. The van der Waals surface area contributed by atoms with Crippen molar-refractivity contribution in [3.63, 3.8) is 0 Å². The molecule has 4 heteroatoms. The van der Waals surface area contributed by atoms with E-state index in [0.717, 1.165) is 25.7 Å². The summed E-state index contributed by atoms with van der Waals surface area (Å²) in [6.07, 6.45) is 7.86. The summed E-state index contributed by atoms with van der Waals surface area (Å²) in [5.41, 5.74) is 5.55. The van der Waals surface area contributed by atoms with Crippen LogP contribution in [0.5, 0.6) is 0 Å². The van der Waals surface area contributed by atoms with E-state index in [-0.39, 0.29) is 35.5 Å². The van der Waals surface area contributed by atoms with Crippen molar-refractivity contribution in [2.24, 2.45) is 11.7 Å². The van der Waals surface area contributed by atoms with Gasteiger partial charge in [0.2, 0.25) is 0 Å². The van der Waals surface area contributed by atoms with E-state index in [1.165, 1.54) is 19.3 Å². The molecule has 3 nitrogen and oxygen atoms in total. The molecule has 0 heterocycles. The Morgan fingerprint density at radius 1 is 1.14 bits per heavy atom. The number of carboxylic acids is 1. The molecule has 0 amide bonds. The Labute approximate surface area is 108 Å². The van der Waals surface area contributed by atoms with Crippen molar-refractivity contribution in [3.8, 4) is 0 Å². The topological polar surface area (TPSA) is 66.2 Å². The average molecular weight is 207 g/mol. The van der Waals surface area contributed by atoms with E-state index in [1.54, 1.807) is 0 Å². The number of rotatable bonds is 2. The van der Waals surface area contributed by atoms with Gasteiger partial charge in [0.1, 0.15) is 0 Å². The molecule has 1 fully saturated rings. The van der Waals surface area contributed by atoms with Gasteiger partial charge in [0.05, 0.1) is 5.97 Å². The maximum atomic E-state index is 10.6. The van der Waals surface area contributed by atoms with Gasteiger partial charge >= 0.3 is 29.6 Å². The number of aliphatic carboxylic acids is 1. The summed E-state index contributed by atoms with van der Waals surface area (Å²) in [7, 11) is 0. The van der Waals surface area contributed by atoms with Crippen LogP contribution in [0.3, 0.4) is 0 Å². The molecule has 0 aromatic carbocycles. The first-order valence-electron chi connectivity index (χ1n) is 5.18. The minimum Gasteiger partial charge on any atom is -0.548 e. The Kier molecular flexibility index (Phi) is 7.92. The summed E-state index contributed by atoms with van der Waals surface area (Å²) in [5, 5.41) is 10.6. The molecule has 0 spiro atoms. The van der Waals surface area contributed by atoms with Crippen molar-refractivity contribution in [2.75, 3.05) is 0 Å². The van der Waals surface area contributed by atoms with Crippen LogP contribution >= 0.6 is 0 Å². The molecular weight excluding hydrogens is 189 g/mol. The zero-order valence-corrected chi connectivity index (χ0v) is 11.0. The van der Waals surface area contributed by atoms with Crippen LogP contribution in [0.15, 0.2) is 0 Å². The van der Waals surface area contributed by atoms with Gasteiger partial charge in [-0.05, 0) is 18.8 Å². The fourth-order valence-electron chi connectivity index (χ4n) is 2.04. The summed E-state index contributed by atoms with van der Waals surface area (Å²) in [5.74, 6) is -0.948. The van der Waals surface area contributed by atoms with E-state index < -0.39 is 12.0 Å². The molecule has 1 rings (SSSR count). The van der Waals surface area contributed by atoms with Gasteiger partial charge < -0.3 is 15.6 Å². The first-order valence-corrected chi connectivity index (χ1v) is 5.18. The molecule has 1 atom stereocenters. The largest absolute Gasteiger partial charge is 1.00 e. The van der Waals surface area contributed by atoms with Gasteiger partial charge in [0, 0.05) is 6.04 Å². The molecule has 0 aliphatic heterocycles. The number of hydrogen-bond donors (Lipinski definition) is 1. The number of carbonyl (C=O) groups is 1. The molecule has 1 aliphatic carbocycles. The standard InChI is InChI=1S/C10H19NO2.Na/c11-9(10(12)13)8-6-4-2-1-3-5-7-8;/h8-9H,1-7,11H2,(H,12,13);/q;+1/p-1. The Hall–Kier alpha value is 0.430. The van der Waals surface area contributed by atoms with Gasteiger partial charge in [0.15, 0.2) is 0 Å². The van der Waals surface area contributed by atoms with Crippen molar-refractivity contribution in [2.45, 2.75) is 51.0 Å². The zero-order valence-electron chi connectivity index (χ0n) is 9.00. The summed E-state index contributed by atoms with van der Waals surface area (Å²) in [6, 6.07) is -0.752. The minimum atomic E-state index is -1.09. The van der Waals surface area contributed by atoms with Gasteiger partial charge in [-0.3, -0.25) is 0 Å². The van der Waals surface area contributed by atoms with Crippen LogP contribution in [0, 0.1) is 5.92 Å². The third-order valence-electron chi connectivity index (χ3n) is 2.93. The Bertz CT molecular complexity index is 168. The predicted octanol–water partition coefficient (Wildman–Crippen LogP) is -2.57. The molecule has 0 saturated heterocycles. The van der Waals surface area contributed by atoms with Gasteiger partial charge in [-0.15, -0.1) is 0 Å². The number of nitrogens with two attached hydrogens (primary N) is 1. The summed E-state index contributed by atoms with van der Waals surface area (Å²) < 4.78 is 0. The van der Waals surface area contributed by atoms with Crippen LogP contribution in [0.2, 0.25) is 0 Å². The minimum absolute atomic E-state index is 0. The molecule has 1 aliphatic rings. The molecule has 0 bridgehead atoms. The fraction of sp³-hybridized carbons (Fsp3) is 0.900. The molecule has 1 saturated carbocycles. The first kappa shape index (κ1) is 14.4. The molecule has 1 unspecified atom stereocenters. The van der Waals surface area contributed by atoms with E-state index in [9.17, 15) is 9.90 Å². The van der Waals surface area contributed by atoms with Gasteiger partial charge in [-0.25, -0.2) is 0 Å². The van der Waals surface area contributed by atoms with E-state index in [1.807, 2.05) is 0 Å². The van der Waals surface area contributed by atoms with Crippen LogP contribution in [0.1, 0.15) is 44.9 Å². The van der Waals surface area contributed by atoms with Gasteiger partial charge in [-0.2, -0.15) is 0 Å². The smallest absolute Gasteiger partial charge is 0.548 e. The third kappa shape index (κ3) is 4.78. The van der Waals surface area contributed by atoms with E-state index >= 15 is 0 Å². The van der Waals surface area contributed by atoms with Crippen molar-refractivity contribution in [1.29, 1.82) is 0 Å². The number of hydrogen-bond acceptors (Lipinski definition) is 3. The van der Waals surface area contributed by atoms with Gasteiger partial charge in [-0.1, -0.05) is 32.1 Å². The zero-order chi connectivity index (χ0) is 9.68. The summed E-state index contributed by atoms with van der Waals surface area (Å²) in [4.78, 5) is 10.6. The van der Waals surface area contributed by atoms with Crippen LogP contribution in [-0.2, 0) is 4.79 Å². The third-order valence-corrected chi connectivity index (χ3v) is 2.93. The molecule has 14 heavy (non-hydrogen) atoms. The number of carboxylic acid groups (broad SMARTS) is 1. The maximum absolute atomic E-state index is 10.6. The van der Waals surface area contributed by atoms with Crippen molar-refractivity contribution in [1.82, 2.24) is 0 Å². The Balaban J connectivity index is 0.00000169. The Morgan fingerprint density at radius 2 is 1.57 bits per heavy atom. The monoisotopic (exact) mass is 207 g/mol. The fourth-order valence-corrected chi connectivity index (χ4v) is 2.04. The van der Waals surface area contributed by atoms with Crippen molar-refractivity contribution >= 4 is 5.97 Å². The van der Waals surface area contributed by atoms with E-state index in [2.05, 4.69) is 0 Å². The summed E-state index contributed by atoms with van der Waals surface area (Å²) >= 11 is 0. The number of carbonyl (C=O) groups excluding carboxylic acids is 1. The van der Waals surface area contributed by atoms with E-state index in [4.69, 9.17) is 5.73 Å². The summed E-state index contributed by atoms with van der Waals surface area (Å²) in [6.45, 7) is 0. The van der Waals surface area contributed by atoms with Crippen LogP contribution < -0.4 is 40.4 Å². The molecular formula is C10H18NNaO2.